The first-order valence-corrected chi connectivity index (χ1v) is 19.1. The Balaban J connectivity index is 1.23. The van der Waals surface area contributed by atoms with Crippen molar-refractivity contribution in [2.24, 2.45) is 62.1 Å². The lowest BCUT2D eigenvalue weighted by Crippen LogP contribution is -2.67. The van der Waals surface area contributed by atoms with E-state index < -0.39 is 11.4 Å². The van der Waals surface area contributed by atoms with Crippen LogP contribution in [0.15, 0.2) is 12.2 Å². The Labute approximate surface area is 285 Å². The molecular formula is C41H65NO5. The van der Waals surface area contributed by atoms with Crippen molar-refractivity contribution < 1.29 is 24.2 Å². The van der Waals surface area contributed by atoms with Crippen LogP contribution in [0.1, 0.15) is 152 Å². The van der Waals surface area contributed by atoms with Gasteiger partial charge in [0.2, 0.25) is 5.91 Å². The second-order valence-corrected chi connectivity index (χ2v) is 19.8. The highest BCUT2D eigenvalue weighted by Crippen LogP contribution is 2.78. The van der Waals surface area contributed by atoms with Gasteiger partial charge in [0.15, 0.2) is 0 Å². The third-order valence-corrected chi connectivity index (χ3v) is 16.2. The van der Waals surface area contributed by atoms with Crippen LogP contribution in [-0.2, 0) is 19.1 Å². The van der Waals surface area contributed by atoms with Crippen molar-refractivity contribution in [3.8, 4) is 0 Å². The van der Waals surface area contributed by atoms with Crippen molar-refractivity contribution in [3.63, 3.8) is 0 Å². The molecule has 0 aromatic rings. The second-order valence-electron chi connectivity index (χ2n) is 19.8. The molecule has 6 fully saturated rings. The van der Waals surface area contributed by atoms with Crippen LogP contribution < -0.4 is 5.32 Å². The molecule has 6 aliphatic carbocycles. The average Bonchev–Trinajstić information content (AvgIpc) is 3.66. The Hall–Kier alpha value is -1.85. The van der Waals surface area contributed by atoms with E-state index in [0.29, 0.717) is 48.0 Å². The average molecular weight is 652 g/mol. The summed E-state index contributed by atoms with van der Waals surface area (Å²) in [6.45, 7) is 23.0. The third-order valence-electron chi connectivity index (χ3n) is 16.2. The smallest absolute Gasteiger partial charge is 0.306 e. The van der Waals surface area contributed by atoms with E-state index in [1.54, 1.807) is 0 Å². The van der Waals surface area contributed by atoms with Gasteiger partial charge in [-0.25, -0.2) is 0 Å². The summed E-state index contributed by atoms with van der Waals surface area (Å²) in [4.78, 5) is 37.9. The van der Waals surface area contributed by atoms with Gasteiger partial charge >= 0.3 is 11.9 Å². The normalized spacial score (nSPS) is 43.8. The summed E-state index contributed by atoms with van der Waals surface area (Å²) in [7, 11) is 0. The summed E-state index contributed by atoms with van der Waals surface area (Å²) in [5, 5.41) is 12.7. The van der Waals surface area contributed by atoms with Crippen LogP contribution in [0.2, 0.25) is 0 Å². The van der Waals surface area contributed by atoms with E-state index in [0.717, 1.165) is 38.5 Å². The molecule has 0 heterocycles. The molecule has 0 aromatic heterocycles. The van der Waals surface area contributed by atoms with E-state index in [9.17, 15) is 19.5 Å². The fourth-order valence-corrected chi connectivity index (χ4v) is 13.7. The maximum Gasteiger partial charge on any atom is 0.306 e. The predicted molar refractivity (Wildman–Crippen MR) is 185 cm³/mol. The van der Waals surface area contributed by atoms with E-state index in [1.807, 2.05) is 13.8 Å². The Morgan fingerprint density at radius 3 is 2.17 bits per heavy atom. The number of fused-ring (bicyclic) bond motifs is 7. The van der Waals surface area contributed by atoms with E-state index in [2.05, 4.69) is 53.4 Å². The van der Waals surface area contributed by atoms with Crippen molar-refractivity contribution in [2.75, 3.05) is 0 Å². The summed E-state index contributed by atoms with van der Waals surface area (Å²) in [6, 6.07) is 0.418. The van der Waals surface area contributed by atoms with Crippen LogP contribution >= 0.6 is 0 Å². The molecule has 0 aromatic carbocycles. The fourth-order valence-electron chi connectivity index (χ4n) is 13.7. The first kappa shape index (κ1) is 35.0. The number of aliphatic carboxylic acids is 1. The van der Waals surface area contributed by atoms with E-state index in [4.69, 9.17) is 4.74 Å². The highest BCUT2D eigenvalue weighted by atomic mass is 16.5. The summed E-state index contributed by atoms with van der Waals surface area (Å²) in [5.74, 6) is 1.93. The van der Waals surface area contributed by atoms with Crippen molar-refractivity contribution in [3.05, 3.63) is 12.2 Å². The molecule has 0 spiro atoms. The summed E-state index contributed by atoms with van der Waals surface area (Å²) in [6.07, 6.45) is 14.5. The van der Waals surface area contributed by atoms with Gasteiger partial charge in [-0.15, -0.1) is 0 Å². The number of carboxylic acids is 1. The van der Waals surface area contributed by atoms with E-state index in [1.165, 1.54) is 44.1 Å². The zero-order valence-electron chi connectivity index (χ0n) is 30.9. The van der Waals surface area contributed by atoms with Gasteiger partial charge in [-0.3, -0.25) is 14.4 Å². The number of nitrogens with one attached hydrogen (secondary N) is 1. The molecule has 0 aliphatic heterocycles. The van der Waals surface area contributed by atoms with Crippen molar-refractivity contribution >= 4 is 17.8 Å². The Morgan fingerprint density at radius 1 is 0.830 bits per heavy atom. The number of carbonyl (C=O) groups excluding carboxylic acids is 2. The minimum Gasteiger partial charge on any atom is -0.481 e. The van der Waals surface area contributed by atoms with Gasteiger partial charge in [-0.2, -0.15) is 0 Å². The number of ether oxygens (including phenoxy) is 1. The second kappa shape index (κ2) is 11.6. The van der Waals surface area contributed by atoms with Crippen LogP contribution in [0.4, 0.5) is 0 Å². The highest BCUT2D eigenvalue weighted by molar-refractivity contribution is 5.77. The lowest BCUT2D eigenvalue weighted by Gasteiger charge is -2.73. The Kier molecular flexibility index (Phi) is 8.64. The number of rotatable bonds is 9. The molecule has 0 unspecified atom stereocenters. The van der Waals surface area contributed by atoms with Gasteiger partial charge in [0.05, 0.1) is 12.8 Å². The van der Waals surface area contributed by atoms with E-state index in [-0.39, 0.29) is 52.0 Å². The Morgan fingerprint density at radius 2 is 1.53 bits per heavy atom. The molecule has 0 radical (unpaired) electrons. The molecule has 6 saturated carbocycles. The zero-order valence-corrected chi connectivity index (χ0v) is 30.9. The van der Waals surface area contributed by atoms with Crippen LogP contribution in [-0.4, -0.2) is 35.1 Å². The van der Waals surface area contributed by atoms with Gasteiger partial charge in [-0.1, -0.05) is 60.6 Å². The van der Waals surface area contributed by atoms with Crippen molar-refractivity contribution in [1.29, 1.82) is 0 Å². The van der Waals surface area contributed by atoms with Crippen LogP contribution in [0.25, 0.3) is 0 Å². The molecule has 2 N–H and O–H groups in total. The molecule has 0 saturated heterocycles. The maximum absolute atomic E-state index is 13.4. The molecule has 6 nitrogen and oxygen atoms in total. The zero-order chi connectivity index (χ0) is 34.4. The first-order valence-electron chi connectivity index (χ1n) is 19.1. The summed E-state index contributed by atoms with van der Waals surface area (Å²) in [5.41, 5.74) is 1.30. The third kappa shape index (κ3) is 5.72. The first-order chi connectivity index (χ1) is 21.8. The summed E-state index contributed by atoms with van der Waals surface area (Å²) < 4.78 is 6.26. The summed E-state index contributed by atoms with van der Waals surface area (Å²) >= 11 is 0. The quantitative estimate of drug-likeness (QED) is 0.192. The van der Waals surface area contributed by atoms with Crippen LogP contribution in [0.5, 0.6) is 0 Å². The number of hydrogen-bond donors (Lipinski definition) is 2. The lowest BCUT2D eigenvalue weighted by molar-refractivity contribution is -0.250. The van der Waals surface area contributed by atoms with Gasteiger partial charge in [0.1, 0.15) is 6.10 Å². The predicted octanol–water partition coefficient (Wildman–Crippen LogP) is 9.12. The van der Waals surface area contributed by atoms with Gasteiger partial charge in [0.25, 0.3) is 0 Å². The molecule has 10 atom stereocenters. The van der Waals surface area contributed by atoms with Crippen LogP contribution in [0.3, 0.4) is 0 Å². The largest absolute Gasteiger partial charge is 0.481 e. The molecule has 0 bridgehead atoms. The molecule has 264 valence electrons. The number of amides is 1. The van der Waals surface area contributed by atoms with Gasteiger partial charge in [0, 0.05) is 17.9 Å². The minimum atomic E-state index is -0.879. The fraction of sp³-hybridized carbons (Fsp3) is 0.878. The molecule has 47 heavy (non-hydrogen) atoms. The standard InChI is InChI=1S/C41H65NO5/c1-25(2)27-14-19-41(22-32(43)42-26-10-11-26)21-20-39(8)28(35(27)41)12-13-30-38(7)17-16-31(37(5,6)29(38)15-18-40(30,39)9)47-34(46)24-36(3,4)23-33(44)45/h26-31,35H,1,10-24H2,2-9H3,(H,42,43)(H,44,45)/t27-,28+,29-,30+,31-,35+,38-,39+,40+,41+/m0/s1. The molecule has 6 rings (SSSR count). The number of esters is 1. The van der Waals surface area contributed by atoms with Gasteiger partial charge < -0.3 is 15.2 Å². The number of carbonyl (C=O) groups is 3. The lowest BCUT2D eigenvalue weighted by atomic mass is 9.32. The number of carboxylic acid groups (broad SMARTS) is 1. The maximum atomic E-state index is 13.4. The molecule has 1 amide bonds. The molecule has 6 aliphatic rings. The molecular weight excluding hydrogens is 586 g/mol. The van der Waals surface area contributed by atoms with Crippen molar-refractivity contribution in [2.45, 2.75) is 164 Å². The minimum absolute atomic E-state index is 0.0420. The Bertz CT molecular complexity index is 1300. The van der Waals surface area contributed by atoms with Crippen molar-refractivity contribution in [1.82, 2.24) is 5.32 Å². The SMILES string of the molecule is C=C(C)[C@@H]1CC[C@]2(CC(=O)NC3CC3)CC[C@]3(C)[C@H](CC[C@@H]4[C@@]5(C)CC[C@H](OC(=O)CC(C)(C)CC(=O)O)C(C)(C)[C@@H]5CC[C@]43C)[C@@H]12. The number of hydrogen-bond acceptors (Lipinski definition) is 4. The molecule has 6 heteroatoms. The van der Waals surface area contributed by atoms with E-state index >= 15 is 0 Å². The number of allylic oxidation sites excluding steroid dienone is 1. The topological polar surface area (TPSA) is 92.7 Å². The van der Waals surface area contributed by atoms with Crippen LogP contribution in [0, 0.1) is 62.1 Å². The highest BCUT2D eigenvalue weighted by Gasteiger charge is 2.71. The monoisotopic (exact) mass is 651 g/mol. The van der Waals surface area contributed by atoms with Gasteiger partial charge in [-0.05, 0) is 141 Å².